The molecule has 0 aromatic rings. The summed E-state index contributed by atoms with van der Waals surface area (Å²) in [7, 11) is -1.78. The maximum atomic E-state index is 12.6. The van der Waals surface area contributed by atoms with Gasteiger partial charge in [-0.05, 0) is 24.6 Å². The van der Waals surface area contributed by atoms with Gasteiger partial charge in [-0.1, -0.05) is 20.8 Å². The molecular formula is C14H25F3N2OSi. The molecule has 0 N–H and O–H groups in total. The molecule has 0 amide bonds. The van der Waals surface area contributed by atoms with E-state index in [9.17, 15) is 13.2 Å². The Morgan fingerprint density at radius 3 is 2.43 bits per heavy atom. The average Bonchev–Trinajstić information content (AvgIpc) is 2.32. The number of alkyl halides is 3. The molecule has 122 valence electrons. The van der Waals surface area contributed by atoms with Crippen LogP contribution in [0.4, 0.5) is 13.2 Å². The molecule has 0 spiro atoms. The number of rotatable bonds is 5. The Kier molecular flexibility index (Phi) is 5.66. The largest absolute Gasteiger partial charge is 0.419 e. The van der Waals surface area contributed by atoms with E-state index in [0.29, 0.717) is 19.6 Å². The first-order chi connectivity index (χ1) is 9.43. The van der Waals surface area contributed by atoms with E-state index in [1.54, 1.807) is 4.90 Å². The summed E-state index contributed by atoms with van der Waals surface area (Å²) in [4.78, 5) is 5.33. The van der Waals surface area contributed by atoms with Crippen molar-refractivity contribution < 1.29 is 17.6 Å². The number of halogens is 3. The minimum absolute atomic E-state index is 0.145. The molecule has 0 unspecified atom stereocenters. The van der Waals surface area contributed by atoms with Crippen LogP contribution >= 0.6 is 0 Å². The number of hydrogen-bond donors (Lipinski definition) is 0. The zero-order chi connectivity index (χ0) is 16.3. The highest BCUT2D eigenvalue weighted by Gasteiger charge is 2.37. The van der Waals surface area contributed by atoms with Crippen LogP contribution in [0.1, 0.15) is 27.2 Å². The molecule has 3 nitrogen and oxygen atoms in total. The Morgan fingerprint density at radius 1 is 1.29 bits per heavy atom. The lowest BCUT2D eigenvalue weighted by molar-refractivity contribution is -0.0870. The van der Waals surface area contributed by atoms with Gasteiger partial charge in [0.25, 0.3) is 0 Å². The fraction of sp³-hybridized carbons (Fsp3) is 0.786. The van der Waals surface area contributed by atoms with Gasteiger partial charge in [-0.3, -0.25) is 4.99 Å². The molecule has 21 heavy (non-hydrogen) atoms. The van der Waals surface area contributed by atoms with Gasteiger partial charge in [0.05, 0.1) is 5.57 Å². The second kappa shape index (κ2) is 6.52. The summed E-state index contributed by atoms with van der Waals surface area (Å²) in [5, 5.41) is 0.145. The molecule has 0 aliphatic carbocycles. The molecule has 0 saturated carbocycles. The van der Waals surface area contributed by atoms with E-state index >= 15 is 0 Å². The minimum atomic E-state index is -4.33. The first-order valence-electron chi connectivity index (χ1n) is 7.10. The Morgan fingerprint density at radius 2 is 1.90 bits per heavy atom. The van der Waals surface area contributed by atoms with Crippen LogP contribution in [-0.4, -0.2) is 45.4 Å². The third-order valence-corrected chi connectivity index (χ3v) is 8.54. The summed E-state index contributed by atoms with van der Waals surface area (Å²) in [6.45, 7) is 12.2. The number of allylic oxidation sites excluding steroid dienone is 1. The maximum absolute atomic E-state index is 12.6. The topological polar surface area (TPSA) is 24.8 Å². The predicted molar refractivity (Wildman–Crippen MR) is 82.0 cm³/mol. The van der Waals surface area contributed by atoms with Gasteiger partial charge in [0.15, 0.2) is 8.32 Å². The normalized spacial score (nSPS) is 17.1. The van der Waals surface area contributed by atoms with Gasteiger partial charge in [-0.2, -0.15) is 13.2 Å². The predicted octanol–water partition coefficient (Wildman–Crippen LogP) is 4.19. The highest BCUT2D eigenvalue weighted by Crippen LogP contribution is 2.36. The SMILES string of the molecule is CC(C)(C)[Si](C)(C)OCCCN1C=C(C(F)(F)F)C=NC1. The summed E-state index contributed by atoms with van der Waals surface area (Å²) in [6, 6.07) is 0. The Bertz CT molecular complexity index is 411. The summed E-state index contributed by atoms with van der Waals surface area (Å²) in [6.07, 6.45) is -1.61. The van der Waals surface area contributed by atoms with E-state index < -0.39 is 20.1 Å². The van der Waals surface area contributed by atoms with Gasteiger partial charge < -0.3 is 9.33 Å². The lowest BCUT2D eigenvalue weighted by Crippen LogP contribution is -2.41. The van der Waals surface area contributed by atoms with Crippen molar-refractivity contribution in [2.45, 2.75) is 51.5 Å². The van der Waals surface area contributed by atoms with Gasteiger partial charge in [-0.15, -0.1) is 0 Å². The second-order valence-corrected chi connectivity index (χ2v) is 11.6. The monoisotopic (exact) mass is 322 g/mol. The van der Waals surface area contributed by atoms with E-state index in [1.165, 1.54) is 0 Å². The van der Waals surface area contributed by atoms with Gasteiger partial charge >= 0.3 is 6.18 Å². The molecule has 0 saturated heterocycles. The van der Waals surface area contributed by atoms with Gasteiger partial charge in [0.2, 0.25) is 0 Å². The summed E-state index contributed by atoms with van der Waals surface area (Å²) < 4.78 is 43.8. The van der Waals surface area contributed by atoms with E-state index in [4.69, 9.17) is 4.43 Å². The standard InChI is InChI=1S/C14H25F3N2OSi/c1-13(2,3)21(4,5)20-8-6-7-19-10-12(9-18-11-19)14(15,16)17/h9-10H,6-8,11H2,1-5H3. The summed E-state index contributed by atoms with van der Waals surface area (Å²) in [5.74, 6) is 0. The van der Waals surface area contributed by atoms with Crippen LogP contribution in [0.25, 0.3) is 0 Å². The molecule has 1 aliphatic rings. The molecule has 0 aromatic carbocycles. The fourth-order valence-corrected chi connectivity index (χ4v) is 2.70. The molecule has 0 atom stereocenters. The zero-order valence-electron chi connectivity index (χ0n) is 13.4. The fourth-order valence-electron chi connectivity index (χ4n) is 1.61. The molecule has 0 radical (unpaired) electrons. The van der Waals surface area contributed by atoms with Crippen LogP contribution < -0.4 is 0 Å². The van der Waals surface area contributed by atoms with Crippen LogP contribution in [0.2, 0.25) is 18.1 Å². The van der Waals surface area contributed by atoms with E-state index in [1.807, 2.05) is 0 Å². The van der Waals surface area contributed by atoms with Gasteiger partial charge in [0.1, 0.15) is 6.67 Å². The van der Waals surface area contributed by atoms with Crippen molar-refractivity contribution in [1.29, 1.82) is 0 Å². The summed E-state index contributed by atoms with van der Waals surface area (Å²) in [5.41, 5.74) is -0.695. The van der Waals surface area contributed by atoms with Gasteiger partial charge in [0, 0.05) is 25.6 Å². The lowest BCUT2D eigenvalue weighted by Gasteiger charge is -2.36. The molecule has 1 rings (SSSR count). The van der Waals surface area contributed by atoms with Crippen molar-refractivity contribution in [1.82, 2.24) is 4.90 Å². The Balaban J connectivity index is 2.41. The van der Waals surface area contributed by atoms with E-state index in [0.717, 1.165) is 12.4 Å². The molecule has 1 aliphatic heterocycles. The van der Waals surface area contributed by atoms with E-state index in [-0.39, 0.29) is 11.7 Å². The number of aliphatic imine (C=N–C) groups is 1. The minimum Gasteiger partial charge on any atom is -0.417 e. The Hall–Kier alpha value is -0.823. The number of hydrogen-bond acceptors (Lipinski definition) is 3. The molecule has 0 aromatic heterocycles. The smallest absolute Gasteiger partial charge is 0.417 e. The highest BCUT2D eigenvalue weighted by atomic mass is 28.4. The van der Waals surface area contributed by atoms with Gasteiger partial charge in [-0.25, -0.2) is 0 Å². The number of nitrogens with zero attached hydrogens (tertiary/aromatic N) is 2. The van der Waals surface area contributed by atoms with Crippen molar-refractivity contribution in [3.05, 3.63) is 11.8 Å². The van der Waals surface area contributed by atoms with Crippen LogP contribution in [0.3, 0.4) is 0 Å². The van der Waals surface area contributed by atoms with E-state index in [2.05, 4.69) is 38.9 Å². The van der Waals surface area contributed by atoms with Crippen LogP contribution in [0.5, 0.6) is 0 Å². The highest BCUT2D eigenvalue weighted by molar-refractivity contribution is 6.74. The van der Waals surface area contributed by atoms with Crippen molar-refractivity contribution in [3.63, 3.8) is 0 Å². The zero-order valence-corrected chi connectivity index (χ0v) is 14.4. The maximum Gasteiger partial charge on any atom is 0.419 e. The van der Waals surface area contributed by atoms with Crippen LogP contribution in [0, 0.1) is 0 Å². The molecular weight excluding hydrogens is 297 g/mol. The van der Waals surface area contributed by atoms with Crippen molar-refractivity contribution in [2.24, 2.45) is 4.99 Å². The molecule has 7 heteroatoms. The molecule has 0 bridgehead atoms. The van der Waals surface area contributed by atoms with Crippen molar-refractivity contribution >= 4 is 14.5 Å². The van der Waals surface area contributed by atoms with Crippen molar-refractivity contribution in [2.75, 3.05) is 19.8 Å². The van der Waals surface area contributed by atoms with Crippen LogP contribution in [-0.2, 0) is 4.43 Å². The second-order valence-electron chi connectivity index (χ2n) is 6.81. The van der Waals surface area contributed by atoms with Crippen LogP contribution in [0.15, 0.2) is 16.8 Å². The van der Waals surface area contributed by atoms with Crippen molar-refractivity contribution in [3.8, 4) is 0 Å². The first kappa shape index (κ1) is 18.2. The lowest BCUT2D eigenvalue weighted by atomic mass is 10.2. The third kappa shape index (κ3) is 5.46. The quantitative estimate of drug-likeness (QED) is 0.560. The third-order valence-electron chi connectivity index (χ3n) is 4.00. The average molecular weight is 322 g/mol. The Labute approximate surface area is 126 Å². The summed E-state index contributed by atoms with van der Waals surface area (Å²) >= 11 is 0. The molecule has 0 fully saturated rings. The first-order valence-corrected chi connectivity index (χ1v) is 10.0. The molecule has 1 heterocycles.